The molecule has 10 heavy (non-hydrogen) atoms. The Morgan fingerprint density at radius 3 is 2.70 bits per heavy atom. The predicted molar refractivity (Wildman–Crippen MR) is 39.7 cm³/mol. The molecule has 1 unspecified atom stereocenters. The summed E-state index contributed by atoms with van der Waals surface area (Å²) in [7, 11) is 1.61. The Bertz CT molecular complexity index is 155. The van der Waals surface area contributed by atoms with Gasteiger partial charge in [0.05, 0.1) is 6.61 Å². The smallest absolute Gasteiger partial charge is 0.113 e. The standard InChI is InChI=1S/C8H12O2/c1-10-8(7-9)5-3-2-4-6-8/h2-5,9H,6-7H2,1H3. The molecule has 0 aromatic rings. The Hall–Kier alpha value is -0.600. The van der Waals surface area contributed by atoms with E-state index >= 15 is 0 Å². The van der Waals surface area contributed by atoms with E-state index in [1.54, 1.807) is 7.11 Å². The Balaban J connectivity index is 2.66. The molecule has 1 N–H and O–H groups in total. The van der Waals surface area contributed by atoms with E-state index < -0.39 is 5.60 Å². The number of hydrogen-bond acceptors (Lipinski definition) is 2. The van der Waals surface area contributed by atoms with Crippen molar-refractivity contribution in [1.82, 2.24) is 0 Å². The summed E-state index contributed by atoms with van der Waals surface area (Å²) in [5, 5.41) is 8.93. The second-order valence-corrected chi connectivity index (χ2v) is 2.42. The van der Waals surface area contributed by atoms with Crippen molar-refractivity contribution < 1.29 is 9.84 Å². The maximum absolute atomic E-state index is 8.93. The highest BCUT2D eigenvalue weighted by Crippen LogP contribution is 2.20. The molecule has 1 aliphatic rings. The molecule has 56 valence electrons. The zero-order valence-corrected chi connectivity index (χ0v) is 6.08. The molecule has 0 saturated heterocycles. The quantitative estimate of drug-likeness (QED) is 0.617. The average Bonchev–Trinajstić information content (AvgIpc) is 2.06. The molecule has 0 aliphatic heterocycles. The average molecular weight is 140 g/mol. The molecule has 0 spiro atoms. The largest absolute Gasteiger partial charge is 0.393 e. The Kier molecular flexibility index (Phi) is 2.25. The van der Waals surface area contributed by atoms with Crippen LogP contribution in [0.5, 0.6) is 0 Å². The number of ether oxygens (including phenoxy) is 1. The van der Waals surface area contributed by atoms with E-state index in [0.717, 1.165) is 6.42 Å². The molecule has 0 bridgehead atoms. The van der Waals surface area contributed by atoms with Crippen molar-refractivity contribution in [2.45, 2.75) is 12.0 Å². The predicted octanol–water partition coefficient (Wildman–Crippen LogP) is 0.880. The van der Waals surface area contributed by atoms with E-state index in [1.807, 2.05) is 24.3 Å². The minimum atomic E-state index is -0.450. The summed E-state index contributed by atoms with van der Waals surface area (Å²) in [4.78, 5) is 0. The fourth-order valence-corrected chi connectivity index (χ4v) is 0.978. The summed E-state index contributed by atoms with van der Waals surface area (Å²) in [6.07, 6.45) is 8.47. The van der Waals surface area contributed by atoms with Gasteiger partial charge in [0.25, 0.3) is 0 Å². The summed E-state index contributed by atoms with van der Waals surface area (Å²) in [5.41, 5.74) is -0.450. The number of aliphatic hydroxyl groups is 1. The first-order valence-corrected chi connectivity index (χ1v) is 3.33. The molecule has 1 aliphatic carbocycles. The van der Waals surface area contributed by atoms with E-state index in [1.165, 1.54) is 0 Å². The van der Waals surface area contributed by atoms with Crippen molar-refractivity contribution in [2.75, 3.05) is 13.7 Å². The highest BCUT2D eigenvalue weighted by atomic mass is 16.5. The zero-order chi connectivity index (χ0) is 7.45. The van der Waals surface area contributed by atoms with Crippen molar-refractivity contribution in [3.63, 3.8) is 0 Å². The molecule has 0 radical (unpaired) electrons. The van der Waals surface area contributed by atoms with Crippen LogP contribution < -0.4 is 0 Å². The van der Waals surface area contributed by atoms with Crippen LogP contribution in [0.15, 0.2) is 24.3 Å². The van der Waals surface area contributed by atoms with Crippen LogP contribution in [-0.2, 0) is 4.74 Å². The molecular weight excluding hydrogens is 128 g/mol. The van der Waals surface area contributed by atoms with Crippen LogP contribution in [0.3, 0.4) is 0 Å². The van der Waals surface area contributed by atoms with Gasteiger partial charge in [-0.2, -0.15) is 0 Å². The van der Waals surface area contributed by atoms with Crippen molar-refractivity contribution in [2.24, 2.45) is 0 Å². The van der Waals surface area contributed by atoms with Crippen LogP contribution in [0, 0.1) is 0 Å². The lowest BCUT2D eigenvalue weighted by molar-refractivity contribution is -0.0124. The van der Waals surface area contributed by atoms with E-state index in [0.29, 0.717) is 0 Å². The lowest BCUT2D eigenvalue weighted by Crippen LogP contribution is -2.33. The lowest BCUT2D eigenvalue weighted by atomic mass is 9.96. The van der Waals surface area contributed by atoms with Crippen LogP contribution in [0.2, 0.25) is 0 Å². The zero-order valence-electron chi connectivity index (χ0n) is 6.08. The van der Waals surface area contributed by atoms with Crippen LogP contribution in [0.4, 0.5) is 0 Å². The van der Waals surface area contributed by atoms with Crippen molar-refractivity contribution in [3.8, 4) is 0 Å². The molecule has 2 heteroatoms. The van der Waals surface area contributed by atoms with Crippen molar-refractivity contribution in [1.29, 1.82) is 0 Å². The van der Waals surface area contributed by atoms with Gasteiger partial charge in [0.1, 0.15) is 5.60 Å². The number of hydrogen-bond donors (Lipinski definition) is 1. The Labute approximate surface area is 60.8 Å². The second-order valence-electron chi connectivity index (χ2n) is 2.42. The molecule has 0 fully saturated rings. The number of aliphatic hydroxyl groups excluding tert-OH is 1. The van der Waals surface area contributed by atoms with Crippen LogP contribution in [-0.4, -0.2) is 24.4 Å². The van der Waals surface area contributed by atoms with Gasteiger partial charge in [-0.05, 0) is 0 Å². The maximum Gasteiger partial charge on any atom is 0.113 e. The first kappa shape index (κ1) is 7.51. The molecule has 1 atom stereocenters. The monoisotopic (exact) mass is 140 g/mol. The fourth-order valence-electron chi connectivity index (χ4n) is 0.978. The topological polar surface area (TPSA) is 29.5 Å². The summed E-state index contributed by atoms with van der Waals surface area (Å²) >= 11 is 0. The van der Waals surface area contributed by atoms with Gasteiger partial charge in [0.15, 0.2) is 0 Å². The van der Waals surface area contributed by atoms with Gasteiger partial charge in [-0.3, -0.25) is 0 Å². The van der Waals surface area contributed by atoms with Crippen molar-refractivity contribution in [3.05, 3.63) is 24.3 Å². The summed E-state index contributed by atoms with van der Waals surface area (Å²) < 4.78 is 5.14. The van der Waals surface area contributed by atoms with Gasteiger partial charge in [-0.1, -0.05) is 24.3 Å². The van der Waals surface area contributed by atoms with Gasteiger partial charge in [-0.15, -0.1) is 0 Å². The first-order chi connectivity index (χ1) is 4.83. The van der Waals surface area contributed by atoms with Gasteiger partial charge in [0, 0.05) is 13.5 Å². The van der Waals surface area contributed by atoms with Gasteiger partial charge < -0.3 is 9.84 Å². The third-order valence-corrected chi connectivity index (χ3v) is 1.78. The molecule has 0 aromatic carbocycles. The summed E-state index contributed by atoms with van der Waals surface area (Å²) in [6, 6.07) is 0. The number of rotatable bonds is 2. The van der Waals surface area contributed by atoms with E-state index in [9.17, 15) is 0 Å². The minimum Gasteiger partial charge on any atom is -0.393 e. The molecular formula is C8H12O2. The van der Waals surface area contributed by atoms with Gasteiger partial charge >= 0.3 is 0 Å². The van der Waals surface area contributed by atoms with Crippen LogP contribution >= 0.6 is 0 Å². The van der Waals surface area contributed by atoms with E-state index in [2.05, 4.69) is 0 Å². The Morgan fingerprint density at radius 2 is 2.40 bits per heavy atom. The van der Waals surface area contributed by atoms with Crippen LogP contribution in [0.25, 0.3) is 0 Å². The van der Waals surface area contributed by atoms with E-state index in [-0.39, 0.29) is 6.61 Å². The lowest BCUT2D eigenvalue weighted by Gasteiger charge is -2.26. The maximum atomic E-state index is 8.93. The molecule has 0 heterocycles. The first-order valence-electron chi connectivity index (χ1n) is 3.33. The van der Waals surface area contributed by atoms with Crippen molar-refractivity contribution >= 4 is 0 Å². The fraction of sp³-hybridized carbons (Fsp3) is 0.500. The normalized spacial score (nSPS) is 31.0. The number of methoxy groups -OCH3 is 1. The summed E-state index contributed by atoms with van der Waals surface area (Å²) in [6.45, 7) is 0.0460. The summed E-state index contributed by atoms with van der Waals surface area (Å²) in [5.74, 6) is 0. The highest BCUT2D eigenvalue weighted by molar-refractivity contribution is 5.18. The molecule has 0 saturated carbocycles. The van der Waals surface area contributed by atoms with Gasteiger partial charge in [0.2, 0.25) is 0 Å². The third-order valence-electron chi connectivity index (χ3n) is 1.78. The van der Waals surface area contributed by atoms with Gasteiger partial charge in [-0.25, -0.2) is 0 Å². The third kappa shape index (κ3) is 1.28. The Morgan fingerprint density at radius 1 is 1.60 bits per heavy atom. The number of allylic oxidation sites excluding steroid dienone is 2. The molecule has 0 amide bonds. The SMILES string of the molecule is COC1(CO)C=CC=CC1. The minimum absolute atomic E-state index is 0.0460. The second kappa shape index (κ2) is 2.99. The molecule has 1 rings (SSSR count). The van der Waals surface area contributed by atoms with E-state index in [4.69, 9.17) is 9.84 Å². The molecule has 0 aromatic heterocycles. The van der Waals surface area contributed by atoms with Crippen LogP contribution in [0.1, 0.15) is 6.42 Å². The highest BCUT2D eigenvalue weighted by Gasteiger charge is 2.24. The molecule has 2 nitrogen and oxygen atoms in total.